The Bertz CT molecular complexity index is 3150. The van der Waals surface area contributed by atoms with Crippen LogP contribution in [0.15, 0.2) is 212 Å². The normalized spacial score (nSPS) is 12.7. The number of aromatic nitrogens is 2. The van der Waals surface area contributed by atoms with Crippen molar-refractivity contribution in [3.8, 4) is 55.9 Å². The average molecular weight is 756 g/mol. The van der Waals surface area contributed by atoms with Crippen molar-refractivity contribution in [2.45, 2.75) is 19.3 Å². The number of fused-ring (bicyclic) bond motifs is 6. The Labute approximate surface area is 345 Å². The van der Waals surface area contributed by atoms with Gasteiger partial charge in [-0.05, 0) is 86.8 Å². The summed E-state index contributed by atoms with van der Waals surface area (Å²) in [4.78, 5) is 2.42. The van der Waals surface area contributed by atoms with Crippen molar-refractivity contribution in [2.24, 2.45) is 0 Å². The van der Waals surface area contributed by atoms with Gasteiger partial charge in [0.25, 0.3) is 0 Å². The fourth-order valence-electron chi connectivity index (χ4n) is 9.28. The zero-order valence-corrected chi connectivity index (χ0v) is 33.0. The van der Waals surface area contributed by atoms with Gasteiger partial charge in [0.05, 0.1) is 11.2 Å². The first-order valence-electron chi connectivity index (χ1n) is 20.4. The van der Waals surface area contributed by atoms with Crippen LogP contribution in [0.5, 0.6) is 0 Å². The molecule has 59 heavy (non-hydrogen) atoms. The van der Waals surface area contributed by atoms with Crippen LogP contribution >= 0.6 is 0 Å². The van der Waals surface area contributed by atoms with Crippen molar-refractivity contribution in [1.29, 1.82) is 0 Å². The minimum Gasteiger partial charge on any atom is -0.310 e. The van der Waals surface area contributed by atoms with Gasteiger partial charge in [-0.3, -0.25) is 0 Å². The van der Waals surface area contributed by atoms with Crippen LogP contribution in [0.2, 0.25) is 0 Å². The molecule has 1 aliphatic rings. The van der Waals surface area contributed by atoms with Crippen molar-refractivity contribution in [3.63, 3.8) is 0 Å². The zero-order valence-electron chi connectivity index (χ0n) is 33.0. The molecule has 2 aromatic heterocycles. The minimum absolute atomic E-state index is 0.128. The summed E-state index contributed by atoms with van der Waals surface area (Å²) in [5.74, 6) is 0. The lowest BCUT2D eigenvalue weighted by Crippen LogP contribution is -2.16. The molecule has 3 heteroatoms. The number of hydrogen-bond donors (Lipinski definition) is 0. The fourth-order valence-corrected chi connectivity index (χ4v) is 9.28. The summed E-state index contributed by atoms with van der Waals surface area (Å²) >= 11 is 0. The van der Waals surface area contributed by atoms with Gasteiger partial charge in [-0.1, -0.05) is 184 Å². The number of nitrogens with zero attached hydrogens (tertiary/aromatic N) is 3. The molecule has 0 saturated heterocycles. The largest absolute Gasteiger partial charge is 0.310 e. The maximum absolute atomic E-state index is 5.44. The third-order valence-corrected chi connectivity index (χ3v) is 12.2. The lowest BCUT2D eigenvalue weighted by atomic mass is 9.82. The van der Waals surface area contributed by atoms with E-state index in [4.69, 9.17) is 5.10 Å². The molecule has 0 amide bonds. The summed E-state index contributed by atoms with van der Waals surface area (Å²) in [7, 11) is 0. The molecule has 0 bridgehead atoms. The Kier molecular flexibility index (Phi) is 8.16. The third kappa shape index (κ3) is 5.77. The van der Waals surface area contributed by atoms with Gasteiger partial charge in [-0.25, -0.2) is 4.52 Å². The highest BCUT2D eigenvalue weighted by Gasteiger charge is 2.36. The van der Waals surface area contributed by atoms with E-state index < -0.39 is 0 Å². The van der Waals surface area contributed by atoms with E-state index in [1.165, 1.54) is 33.4 Å². The van der Waals surface area contributed by atoms with E-state index in [1.54, 1.807) is 0 Å². The van der Waals surface area contributed by atoms with E-state index in [0.29, 0.717) is 0 Å². The molecule has 0 aliphatic heterocycles. The van der Waals surface area contributed by atoms with Gasteiger partial charge >= 0.3 is 0 Å². The van der Waals surface area contributed by atoms with Crippen molar-refractivity contribution in [1.82, 2.24) is 9.61 Å². The third-order valence-electron chi connectivity index (χ3n) is 12.2. The van der Waals surface area contributed by atoms with Crippen LogP contribution in [0.1, 0.15) is 25.0 Å². The molecule has 1 aliphatic carbocycles. The average Bonchev–Trinajstić information content (AvgIpc) is 3.81. The molecule has 11 rings (SSSR count). The Morgan fingerprint density at radius 2 is 0.949 bits per heavy atom. The predicted octanol–water partition coefficient (Wildman–Crippen LogP) is 14.9. The molecule has 0 spiro atoms. The Morgan fingerprint density at radius 3 is 1.64 bits per heavy atom. The predicted molar refractivity (Wildman–Crippen MR) is 247 cm³/mol. The first-order valence-corrected chi connectivity index (χ1v) is 20.4. The number of benzene rings is 8. The summed E-state index contributed by atoms with van der Waals surface area (Å²) in [5.41, 5.74) is 18.5. The van der Waals surface area contributed by atoms with Crippen LogP contribution in [0, 0.1) is 0 Å². The molecule has 0 unspecified atom stereocenters. The van der Waals surface area contributed by atoms with E-state index in [9.17, 15) is 0 Å². The molecule has 0 N–H and O–H groups in total. The van der Waals surface area contributed by atoms with Gasteiger partial charge in [0.15, 0.2) is 0 Å². The van der Waals surface area contributed by atoms with Gasteiger partial charge in [-0.2, -0.15) is 5.10 Å². The van der Waals surface area contributed by atoms with E-state index in [2.05, 4.69) is 236 Å². The fraction of sp³-hybridized carbons (Fsp3) is 0.0536. The SMILES string of the molecule is CC1(C)c2ccccc2-c2ccc(N(c3ccc(-c4ccccc4)cc3)c3ccc4c(c3)cc(-c3ccccc3)n3nc(-c5ccccc5)c(-c5ccccc5)c43)cc21. The topological polar surface area (TPSA) is 20.5 Å². The number of rotatable bonds is 7. The van der Waals surface area contributed by atoms with Crippen molar-refractivity contribution in [2.75, 3.05) is 4.90 Å². The smallest absolute Gasteiger partial charge is 0.101 e. The second-order valence-corrected chi connectivity index (χ2v) is 16.0. The molecular weight excluding hydrogens is 715 g/mol. The number of hydrogen-bond acceptors (Lipinski definition) is 2. The lowest BCUT2D eigenvalue weighted by Gasteiger charge is -2.28. The van der Waals surface area contributed by atoms with Crippen molar-refractivity contribution in [3.05, 3.63) is 223 Å². The molecular formula is C56H41N3. The van der Waals surface area contributed by atoms with Crippen LogP contribution in [0.25, 0.3) is 72.2 Å². The summed E-state index contributed by atoms with van der Waals surface area (Å²) in [6, 6.07) is 76.7. The first-order chi connectivity index (χ1) is 29.0. The van der Waals surface area contributed by atoms with Crippen LogP contribution < -0.4 is 4.90 Å². The van der Waals surface area contributed by atoms with Crippen LogP contribution in [-0.2, 0) is 5.41 Å². The van der Waals surface area contributed by atoms with E-state index >= 15 is 0 Å². The van der Waals surface area contributed by atoms with Gasteiger partial charge in [0.2, 0.25) is 0 Å². The van der Waals surface area contributed by atoms with Crippen molar-refractivity contribution < 1.29 is 0 Å². The first kappa shape index (κ1) is 34.7. The monoisotopic (exact) mass is 755 g/mol. The molecule has 0 radical (unpaired) electrons. The Balaban J connectivity index is 1.16. The molecule has 3 nitrogen and oxygen atoms in total. The zero-order chi connectivity index (χ0) is 39.5. The van der Waals surface area contributed by atoms with E-state index in [-0.39, 0.29) is 5.41 Å². The Morgan fingerprint density at radius 1 is 0.424 bits per heavy atom. The molecule has 0 saturated carbocycles. The highest BCUT2D eigenvalue weighted by Crippen LogP contribution is 2.51. The minimum atomic E-state index is -0.128. The summed E-state index contributed by atoms with van der Waals surface area (Å²) in [6.07, 6.45) is 0. The van der Waals surface area contributed by atoms with Crippen LogP contribution in [-0.4, -0.2) is 9.61 Å². The molecule has 10 aromatic rings. The molecule has 0 fully saturated rings. The molecule has 8 aromatic carbocycles. The Hall–Kier alpha value is -7.49. The van der Waals surface area contributed by atoms with Crippen LogP contribution in [0.4, 0.5) is 17.1 Å². The molecule has 0 atom stereocenters. The lowest BCUT2D eigenvalue weighted by molar-refractivity contribution is 0.660. The van der Waals surface area contributed by atoms with Gasteiger partial charge in [0.1, 0.15) is 5.69 Å². The number of pyridine rings is 1. The molecule has 280 valence electrons. The summed E-state index contributed by atoms with van der Waals surface area (Å²) in [6.45, 7) is 4.71. The highest BCUT2D eigenvalue weighted by molar-refractivity contribution is 6.09. The van der Waals surface area contributed by atoms with Crippen LogP contribution in [0.3, 0.4) is 0 Å². The van der Waals surface area contributed by atoms with Gasteiger partial charge in [0, 0.05) is 44.6 Å². The summed E-state index contributed by atoms with van der Waals surface area (Å²) in [5, 5.41) is 7.73. The quantitative estimate of drug-likeness (QED) is 0.161. The van der Waals surface area contributed by atoms with E-state index in [0.717, 1.165) is 67.0 Å². The maximum Gasteiger partial charge on any atom is 0.101 e. The second-order valence-electron chi connectivity index (χ2n) is 16.0. The van der Waals surface area contributed by atoms with Gasteiger partial charge < -0.3 is 4.90 Å². The van der Waals surface area contributed by atoms with Gasteiger partial charge in [-0.15, -0.1) is 0 Å². The number of anilines is 3. The van der Waals surface area contributed by atoms with Crippen molar-refractivity contribution >= 4 is 33.4 Å². The maximum atomic E-state index is 5.44. The second kappa shape index (κ2) is 13.9. The summed E-state index contributed by atoms with van der Waals surface area (Å²) < 4.78 is 2.17. The standard InChI is InChI=1S/C56H41N3/c1-56(2)50-26-16-15-25-48(50)49-34-32-46(37-51(49)56)58(44-29-27-39(28-30-44)38-17-7-3-8-18-38)45-31-33-47-43(35-45)36-52(40-19-9-4-10-20-40)59-55(47)53(41-21-11-5-12-22-41)54(57-59)42-23-13-6-14-24-42/h3-37H,1-2H3. The van der Waals surface area contributed by atoms with E-state index in [1.807, 2.05) is 0 Å². The molecule has 2 heterocycles. The highest BCUT2D eigenvalue weighted by atomic mass is 15.2.